The van der Waals surface area contributed by atoms with E-state index in [1.807, 2.05) is 0 Å². The first-order chi connectivity index (χ1) is 9.94. The lowest BCUT2D eigenvalue weighted by Crippen LogP contribution is -2.11. The third-order valence-electron chi connectivity index (χ3n) is 2.93. The highest BCUT2D eigenvalue weighted by atomic mass is 79.9. The molecular formula is C15H13BrO4S. The van der Waals surface area contributed by atoms with Crippen molar-refractivity contribution < 1.29 is 17.9 Å². The second-order valence-electron chi connectivity index (χ2n) is 4.37. The molecule has 0 N–H and O–H groups in total. The highest BCUT2D eigenvalue weighted by Gasteiger charge is 2.20. The van der Waals surface area contributed by atoms with Crippen LogP contribution in [0.5, 0.6) is 0 Å². The minimum atomic E-state index is -3.51. The summed E-state index contributed by atoms with van der Waals surface area (Å²) in [6.07, 6.45) is 0. The van der Waals surface area contributed by atoms with E-state index in [1.54, 1.807) is 36.4 Å². The lowest BCUT2D eigenvalue weighted by molar-refractivity contribution is 0.0599. The van der Waals surface area contributed by atoms with Crippen LogP contribution in [0.3, 0.4) is 0 Å². The van der Waals surface area contributed by atoms with E-state index in [4.69, 9.17) is 4.74 Å². The van der Waals surface area contributed by atoms with E-state index in [9.17, 15) is 13.2 Å². The highest BCUT2D eigenvalue weighted by molar-refractivity contribution is 9.10. The number of rotatable bonds is 4. The summed E-state index contributed by atoms with van der Waals surface area (Å²) < 4.78 is 30.2. The third-order valence-corrected chi connectivity index (χ3v) is 5.10. The molecule has 0 fully saturated rings. The largest absolute Gasteiger partial charge is 0.465 e. The predicted molar refractivity (Wildman–Crippen MR) is 82.8 cm³/mol. The molecule has 2 rings (SSSR count). The maximum absolute atomic E-state index is 12.4. The van der Waals surface area contributed by atoms with E-state index in [2.05, 4.69) is 15.9 Å². The molecule has 21 heavy (non-hydrogen) atoms. The Balaban J connectivity index is 2.42. The van der Waals surface area contributed by atoms with Crippen molar-refractivity contribution in [1.29, 1.82) is 0 Å². The van der Waals surface area contributed by atoms with Crippen molar-refractivity contribution in [2.45, 2.75) is 10.6 Å². The van der Waals surface area contributed by atoms with E-state index in [-0.39, 0.29) is 16.2 Å². The first kappa shape index (κ1) is 15.7. The lowest BCUT2D eigenvalue weighted by Gasteiger charge is -2.09. The van der Waals surface area contributed by atoms with Crippen molar-refractivity contribution in [3.63, 3.8) is 0 Å². The molecule has 6 heteroatoms. The fourth-order valence-corrected chi connectivity index (χ4v) is 3.65. The van der Waals surface area contributed by atoms with Gasteiger partial charge in [-0.1, -0.05) is 40.2 Å². The average Bonchev–Trinajstić information content (AvgIpc) is 2.49. The fourth-order valence-electron chi connectivity index (χ4n) is 1.89. The lowest BCUT2D eigenvalue weighted by atomic mass is 10.1. The minimum Gasteiger partial charge on any atom is -0.465 e. The van der Waals surface area contributed by atoms with Gasteiger partial charge in [0, 0.05) is 4.47 Å². The summed E-state index contributed by atoms with van der Waals surface area (Å²) in [6.45, 7) is 0. The fraction of sp³-hybridized carbons (Fsp3) is 0.133. The van der Waals surface area contributed by atoms with Gasteiger partial charge in [-0.05, 0) is 29.8 Å². The van der Waals surface area contributed by atoms with E-state index < -0.39 is 15.8 Å². The topological polar surface area (TPSA) is 60.4 Å². The van der Waals surface area contributed by atoms with Gasteiger partial charge < -0.3 is 4.74 Å². The number of methoxy groups -OCH3 is 1. The molecule has 2 aromatic rings. The quantitative estimate of drug-likeness (QED) is 0.777. The summed E-state index contributed by atoms with van der Waals surface area (Å²) in [5, 5.41) is 0. The maximum atomic E-state index is 12.4. The van der Waals surface area contributed by atoms with Crippen LogP contribution in [0.4, 0.5) is 0 Å². The molecule has 0 saturated carbocycles. The van der Waals surface area contributed by atoms with Crippen molar-refractivity contribution in [1.82, 2.24) is 0 Å². The van der Waals surface area contributed by atoms with Crippen LogP contribution in [0.2, 0.25) is 0 Å². The molecule has 0 radical (unpaired) electrons. The number of benzene rings is 2. The Morgan fingerprint density at radius 1 is 1.14 bits per heavy atom. The third kappa shape index (κ3) is 3.71. The molecule has 0 aromatic heterocycles. The van der Waals surface area contributed by atoms with Gasteiger partial charge in [-0.3, -0.25) is 0 Å². The SMILES string of the molecule is COC(=O)c1cc(Br)ccc1CS(=O)(=O)c1ccccc1. The molecule has 0 unspecified atom stereocenters. The number of carbonyl (C=O) groups excluding carboxylic acids is 1. The van der Waals surface area contributed by atoms with Crippen LogP contribution >= 0.6 is 15.9 Å². The van der Waals surface area contributed by atoms with Crippen LogP contribution < -0.4 is 0 Å². The zero-order chi connectivity index (χ0) is 15.5. The first-order valence-corrected chi connectivity index (χ1v) is 8.53. The second kappa shape index (κ2) is 6.41. The van der Waals surface area contributed by atoms with Gasteiger partial charge in [0.1, 0.15) is 0 Å². The van der Waals surface area contributed by atoms with Gasteiger partial charge >= 0.3 is 5.97 Å². The Labute approximate surface area is 131 Å². The standard InChI is InChI=1S/C15H13BrO4S/c1-20-15(17)14-9-12(16)8-7-11(14)10-21(18,19)13-5-3-2-4-6-13/h2-9H,10H2,1H3. The molecule has 0 atom stereocenters. The molecule has 0 saturated heterocycles. The second-order valence-corrected chi connectivity index (χ2v) is 7.27. The summed E-state index contributed by atoms with van der Waals surface area (Å²) >= 11 is 3.26. The molecule has 0 amide bonds. The zero-order valence-electron chi connectivity index (χ0n) is 11.2. The van der Waals surface area contributed by atoms with E-state index in [0.29, 0.717) is 10.0 Å². The van der Waals surface area contributed by atoms with Crippen molar-refractivity contribution >= 4 is 31.7 Å². The molecule has 110 valence electrons. The average molecular weight is 369 g/mol. The Hall–Kier alpha value is -1.66. The Bertz CT molecular complexity index is 754. The summed E-state index contributed by atoms with van der Waals surface area (Å²) in [7, 11) is -2.25. The number of sulfone groups is 1. The van der Waals surface area contributed by atoms with Crippen LogP contribution in [-0.4, -0.2) is 21.5 Å². The molecule has 0 spiro atoms. The van der Waals surface area contributed by atoms with Gasteiger partial charge in [0.05, 0.1) is 23.3 Å². The monoisotopic (exact) mass is 368 g/mol. The molecule has 0 aliphatic heterocycles. The van der Waals surface area contributed by atoms with Crippen molar-refractivity contribution in [3.05, 3.63) is 64.1 Å². The van der Waals surface area contributed by atoms with Gasteiger partial charge in [-0.25, -0.2) is 13.2 Å². The van der Waals surface area contributed by atoms with Crippen LogP contribution in [0.15, 0.2) is 57.9 Å². The Morgan fingerprint density at radius 3 is 2.43 bits per heavy atom. The van der Waals surface area contributed by atoms with Gasteiger partial charge in [-0.15, -0.1) is 0 Å². The molecule has 4 nitrogen and oxygen atoms in total. The van der Waals surface area contributed by atoms with Gasteiger partial charge in [-0.2, -0.15) is 0 Å². The number of esters is 1. The molecular weight excluding hydrogens is 356 g/mol. The summed E-state index contributed by atoms with van der Waals surface area (Å²) in [5.74, 6) is -0.816. The molecule has 0 bridgehead atoms. The molecule has 0 aliphatic rings. The van der Waals surface area contributed by atoms with Crippen LogP contribution in [0.25, 0.3) is 0 Å². The Morgan fingerprint density at radius 2 is 1.81 bits per heavy atom. The number of hydrogen-bond donors (Lipinski definition) is 0. The van der Waals surface area contributed by atoms with E-state index in [1.165, 1.54) is 19.2 Å². The smallest absolute Gasteiger partial charge is 0.338 e. The highest BCUT2D eigenvalue weighted by Crippen LogP contribution is 2.22. The molecule has 0 heterocycles. The van der Waals surface area contributed by atoms with Crippen LogP contribution in [0.1, 0.15) is 15.9 Å². The van der Waals surface area contributed by atoms with Crippen LogP contribution in [0, 0.1) is 0 Å². The van der Waals surface area contributed by atoms with Crippen LogP contribution in [-0.2, 0) is 20.3 Å². The van der Waals surface area contributed by atoms with Crippen molar-refractivity contribution in [2.75, 3.05) is 7.11 Å². The number of halogens is 1. The first-order valence-electron chi connectivity index (χ1n) is 6.08. The van der Waals surface area contributed by atoms with E-state index >= 15 is 0 Å². The number of ether oxygens (including phenoxy) is 1. The molecule has 2 aromatic carbocycles. The van der Waals surface area contributed by atoms with Crippen molar-refractivity contribution in [2.24, 2.45) is 0 Å². The van der Waals surface area contributed by atoms with Crippen molar-refractivity contribution in [3.8, 4) is 0 Å². The maximum Gasteiger partial charge on any atom is 0.338 e. The zero-order valence-corrected chi connectivity index (χ0v) is 13.6. The normalized spacial score (nSPS) is 11.1. The summed E-state index contributed by atoms with van der Waals surface area (Å²) in [6, 6.07) is 13.0. The summed E-state index contributed by atoms with van der Waals surface area (Å²) in [4.78, 5) is 12.0. The minimum absolute atomic E-state index is 0.226. The number of carbonyl (C=O) groups is 1. The predicted octanol–water partition coefficient (Wildman–Crippen LogP) is 3.21. The van der Waals surface area contributed by atoms with E-state index in [0.717, 1.165) is 0 Å². The summed E-state index contributed by atoms with van der Waals surface area (Å²) in [5.41, 5.74) is 0.653. The van der Waals surface area contributed by atoms with Gasteiger partial charge in [0.15, 0.2) is 9.84 Å². The molecule has 0 aliphatic carbocycles. The Kier molecular flexibility index (Phi) is 4.80. The number of hydrogen-bond acceptors (Lipinski definition) is 4. The van der Waals surface area contributed by atoms with Gasteiger partial charge in [0.25, 0.3) is 0 Å². The van der Waals surface area contributed by atoms with Gasteiger partial charge in [0.2, 0.25) is 0 Å².